The molecule has 0 aromatic rings. The second kappa shape index (κ2) is 5.08. The topological polar surface area (TPSA) is 74.7 Å². The number of nitrogens with zero attached hydrogens (tertiary/aromatic N) is 1. The van der Waals surface area contributed by atoms with Crippen molar-refractivity contribution in [2.24, 2.45) is 5.41 Å². The van der Waals surface area contributed by atoms with E-state index in [1.165, 1.54) is 0 Å². The molecular weight excluding hydrogens is 234 g/mol. The van der Waals surface area contributed by atoms with Gasteiger partial charge in [0.25, 0.3) is 0 Å². The maximum absolute atomic E-state index is 11.6. The second-order valence-electron chi connectivity index (χ2n) is 5.60. The maximum atomic E-state index is 11.6. The fraction of sp³-hybridized carbons (Fsp3) is 0.769. The van der Waals surface area contributed by atoms with Gasteiger partial charge in [0.05, 0.1) is 19.4 Å². The number of likely N-dealkylation sites (tertiary alicyclic amines) is 1. The standard InChI is InChI=1S/C13H19NO4/c15-10-6-11(16)14(8-10)9-13(7-12(17)18)4-2-1-3-5-13/h1-9H2,(H,17,18). The number of carboxylic acid groups (broad SMARTS) is 1. The van der Waals surface area contributed by atoms with Crippen LogP contribution in [0.5, 0.6) is 0 Å². The van der Waals surface area contributed by atoms with Crippen molar-refractivity contribution in [1.82, 2.24) is 4.90 Å². The Bertz CT molecular complexity index is 371. The summed E-state index contributed by atoms with van der Waals surface area (Å²) < 4.78 is 0. The fourth-order valence-electron chi connectivity index (χ4n) is 3.20. The zero-order chi connectivity index (χ0) is 13.2. The minimum absolute atomic E-state index is 0.0108. The van der Waals surface area contributed by atoms with E-state index in [0.717, 1.165) is 32.1 Å². The third-order valence-electron chi connectivity index (χ3n) is 4.04. The normalized spacial score (nSPS) is 23.4. The van der Waals surface area contributed by atoms with Crippen LogP contribution in [0.1, 0.15) is 44.9 Å². The third kappa shape index (κ3) is 2.89. The number of rotatable bonds is 4. The number of ketones is 1. The molecule has 0 bridgehead atoms. The van der Waals surface area contributed by atoms with Crippen molar-refractivity contribution in [2.45, 2.75) is 44.9 Å². The average Bonchev–Trinajstić information content (AvgIpc) is 2.57. The second-order valence-corrected chi connectivity index (χ2v) is 5.60. The first kappa shape index (κ1) is 13.1. The Labute approximate surface area is 106 Å². The van der Waals surface area contributed by atoms with Crippen molar-refractivity contribution in [3.8, 4) is 0 Å². The summed E-state index contributed by atoms with van der Waals surface area (Å²) in [7, 11) is 0. The lowest BCUT2D eigenvalue weighted by Crippen LogP contribution is -2.41. The van der Waals surface area contributed by atoms with E-state index in [2.05, 4.69) is 0 Å². The van der Waals surface area contributed by atoms with Crippen LogP contribution in [0.3, 0.4) is 0 Å². The molecule has 0 atom stereocenters. The molecule has 2 fully saturated rings. The van der Waals surface area contributed by atoms with Crippen LogP contribution in [0.25, 0.3) is 0 Å². The molecule has 0 spiro atoms. The van der Waals surface area contributed by atoms with E-state index in [1.807, 2.05) is 0 Å². The van der Waals surface area contributed by atoms with Crippen LogP contribution in [0.15, 0.2) is 0 Å². The Balaban J connectivity index is 2.07. The molecule has 1 saturated carbocycles. The highest BCUT2D eigenvalue weighted by Crippen LogP contribution is 2.40. The number of carbonyl (C=O) groups is 3. The number of amides is 1. The van der Waals surface area contributed by atoms with Crippen molar-refractivity contribution in [3.63, 3.8) is 0 Å². The first-order valence-corrected chi connectivity index (χ1v) is 6.52. The zero-order valence-electron chi connectivity index (χ0n) is 10.5. The summed E-state index contributed by atoms with van der Waals surface area (Å²) in [5.74, 6) is -1.01. The summed E-state index contributed by atoms with van der Waals surface area (Å²) in [6, 6.07) is 0. The molecule has 5 heteroatoms. The number of hydrogen-bond acceptors (Lipinski definition) is 3. The van der Waals surface area contributed by atoms with Crippen LogP contribution >= 0.6 is 0 Å². The molecular formula is C13H19NO4. The van der Waals surface area contributed by atoms with Crippen molar-refractivity contribution < 1.29 is 19.5 Å². The third-order valence-corrected chi connectivity index (χ3v) is 4.04. The molecule has 1 heterocycles. The summed E-state index contributed by atoms with van der Waals surface area (Å²) in [5.41, 5.74) is -0.315. The van der Waals surface area contributed by atoms with Gasteiger partial charge in [-0.3, -0.25) is 14.4 Å². The highest BCUT2D eigenvalue weighted by atomic mass is 16.4. The molecule has 1 aliphatic carbocycles. The van der Waals surface area contributed by atoms with Gasteiger partial charge in [-0.15, -0.1) is 0 Å². The van der Waals surface area contributed by atoms with Gasteiger partial charge < -0.3 is 10.0 Å². The van der Waals surface area contributed by atoms with Crippen LogP contribution in [-0.2, 0) is 14.4 Å². The summed E-state index contributed by atoms with van der Waals surface area (Å²) in [5, 5.41) is 9.05. The van der Waals surface area contributed by atoms with Crippen LogP contribution < -0.4 is 0 Å². The van der Waals surface area contributed by atoms with E-state index >= 15 is 0 Å². The predicted molar refractivity (Wildman–Crippen MR) is 64.0 cm³/mol. The Morgan fingerprint density at radius 2 is 1.89 bits per heavy atom. The SMILES string of the molecule is O=C(O)CC1(CN2CC(=O)CC2=O)CCCCC1. The van der Waals surface area contributed by atoms with Gasteiger partial charge in [0, 0.05) is 6.54 Å². The highest BCUT2D eigenvalue weighted by Gasteiger charge is 2.39. The largest absolute Gasteiger partial charge is 0.481 e. The predicted octanol–water partition coefficient (Wildman–Crippen LogP) is 1.21. The fourth-order valence-corrected chi connectivity index (χ4v) is 3.20. The average molecular weight is 253 g/mol. The summed E-state index contributed by atoms with van der Waals surface area (Å²) in [6.07, 6.45) is 4.95. The molecule has 0 aromatic carbocycles. The van der Waals surface area contributed by atoms with Gasteiger partial charge in [0.15, 0.2) is 5.78 Å². The quantitative estimate of drug-likeness (QED) is 0.764. The summed E-state index contributed by atoms with van der Waals surface area (Å²) in [6.45, 7) is 0.601. The number of carboxylic acids is 1. The van der Waals surface area contributed by atoms with Crippen molar-refractivity contribution in [1.29, 1.82) is 0 Å². The van der Waals surface area contributed by atoms with Gasteiger partial charge in [-0.05, 0) is 18.3 Å². The van der Waals surface area contributed by atoms with Gasteiger partial charge in [-0.25, -0.2) is 0 Å². The van der Waals surface area contributed by atoms with Crippen LogP contribution in [-0.4, -0.2) is 40.8 Å². The van der Waals surface area contributed by atoms with Crippen LogP contribution in [0.2, 0.25) is 0 Å². The van der Waals surface area contributed by atoms with Crippen molar-refractivity contribution in [3.05, 3.63) is 0 Å². The lowest BCUT2D eigenvalue weighted by atomic mass is 9.71. The number of aliphatic carboxylic acids is 1. The first-order chi connectivity index (χ1) is 8.51. The molecule has 5 nitrogen and oxygen atoms in total. The van der Waals surface area contributed by atoms with Crippen molar-refractivity contribution >= 4 is 17.7 Å². The summed E-state index contributed by atoms with van der Waals surface area (Å²) >= 11 is 0. The van der Waals surface area contributed by atoms with E-state index in [9.17, 15) is 14.4 Å². The Morgan fingerprint density at radius 1 is 1.22 bits per heavy atom. The van der Waals surface area contributed by atoms with E-state index < -0.39 is 5.97 Å². The zero-order valence-corrected chi connectivity index (χ0v) is 10.5. The van der Waals surface area contributed by atoms with E-state index in [0.29, 0.717) is 6.54 Å². The molecule has 100 valence electrons. The van der Waals surface area contributed by atoms with Crippen LogP contribution in [0.4, 0.5) is 0 Å². The molecule has 1 aliphatic heterocycles. The molecule has 2 rings (SSSR count). The highest BCUT2D eigenvalue weighted by molar-refractivity contribution is 6.05. The monoisotopic (exact) mass is 253 g/mol. The minimum atomic E-state index is -0.810. The van der Waals surface area contributed by atoms with Gasteiger partial charge in [0.1, 0.15) is 0 Å². The Hall–Kier alpha value is -1.39. The Kier molecular flexibility index (Phi) is 3.68. The van der Waals surface area contributed by atoms with Gasteiger partial charge >= 0.3 is 5.97 Å². The Morgan fingerprint density at radius 3 is 2.39 bits per heavy atom. The van der Waals surface area contributed by atoms with Gasteiger partial charge in [-0.1, -0.05) is 19.3 Å². The molecule has 0 radical (unpaired) electrons. The minimum Gasteiger partial charge on any atom is -0.481 e. The van der Waals surface area contributed by atoms with Crippen molar-refractivity contribution in [2.75, 3.05) is 13.1 Å². The molecule has 1 N–H and O–H groups in total. The molecule has 0 unspecified atom stereocenters. The lowest BCUT2D eigenvalue weighted by molar-refractivity contribution is -0.142. The maximum Gasteiger partial charge on any atom is 0.303 e. The van der Waals surface area contributed by atoms with Gasteiger partial charge in [-0.2, -0.15) is 0 Å². The summed E-state index contributed by atoms with van der Waals surface area (Å²) in [4.78, 5) is 35.5. The number of Topliss-reactive ketones (excluding diaryl/α,β-unsaturated/α-hetero) is 1. The smallest absolute Gasteiger partial charge is 0.303 e. The van der Waals surface area contributed by atoms with E-state index in [-0.39, 0.29) is 36.5 Å². The molecule has 2 aliphatic rings. The van der Waals surface area contributed by atoms with Gasteiger partial charge in [0.2, 0.25) is 5.91 Å². The number of carbonyl (C=O) groups excluding carboxylic acids is 2. The van der Waals surface area contributed by atoms with E-state index in [4.69, 9.17) is 5.11 Å². The molecule has 1 saturated heterocycles. The molecule has 1 amide bonds. The molecule has 0 aromatic heterocycles. The molecule has 18 heavy (non-hydrogen) atoms. The first-order valence-electron chi connectivity index (χ1n) is 6.52. The lowest BCUT2D eigenvalue weighted by Gasteiger charge is -2.38. The van der Waals surface area contributed by atoms with Crippen LogP contribution in [0, 0.1) is 5.41 Å². The number of hydrogen-bond donors (Lipinski definition) is 1. The van der Waals surface area contributed by atoms with E-state index in [1.54, 1.807) is 4.90 Å².